The normalized spacial score (nSPS) is 22.9. The molecule has 0 unspecified atom stereocenters. The van der Waals surface area contributed by atoms with Gasteiger partial charge in [-0.1, -0.05) is 30.3 Å². The van der Waals surface area contributed by atoms with Crippen molar-refractivity contribution in [3.63, 3.8) is 0 Å². The maximum atomic E-state index is 12.6. The van der Waals surface area contributed by atoms with Gasteiger partial charge in [-0.3, -0.25) is 14.5 Å². The Labute approximate surface area is 137 Å². The maximum Gasteiger partial charge on any atom is 0.227 e. The van der Waals surface area contributed by atoms with E-state index in [1.807, 2.05) is 37.2 Å². The number of benzene rings is 1. The first-order valence-electron chi connectivity index (χ1n) is 8.14. The van der Waals surface area contributed by atoms with Crippen LogP contribution in [0, 0.1) is 11.3 Å². The largest absolute Gasteiger partial charge is 0.349 e. The van der Waals surface area contributed by atoms with Gasteiger partial charge in [0.15, 0.2) is 0 Å². The lowest BCUT2D eigenvalue weighted by Gasteiger charge is -2.50. The quantitative estimate of drug-likeness (QED) is 0.838. The topological polar surface area (TPSA) is 43.9 Å². The Morgan fingerprint density at radius 2 is 1.83 bits per heavy atom. The predicted molar refractivity (Wildman–Crippen MR) is 88.6 cm³/mol. The van der Waals surface area contributed by atoms with E-state index in [-0.39, 0.29) is 23.1 Å². The van der Waals surface area contributed by atoms with Gasteiger partial charge in [0.05, 0.1) is 5.92 Å². The fourth-order valence-electron chi connectivity index (χ4n) is 3.94. The van der Waals surface area contributed by atoms with E-state index in [1.54, 1.807) is 11.8 Å². The summed E-state index contributed by atoms with van der Waals surface area (Å²) in [5.41, 5.74) is 1.20. The summed E-state index contributed by atoms with van der Waals surface area (Å²) in [4.78, 5) is 30.1. The zero-order valence-electron chi connectivity index (χ0n) is 14.2. The number of carbonyl (C=O) groups excluding carboxylic acids is 2. The van der Waals surface area contributed by atoms with Crippen LogP contribution in [0.1, 0.15) is 12.5 Å². The zero-order valence-corrected chi connectivity index (χ0v) is 14.2. The van der Waals surface area contributed by atoms with Crippen molar-refractivity contribution in [3.8, 4) is 0 Å². The molecular formula is C18H25N3O2. The van der Waals surface area contributed by atoms with E-state index in [0.717, 1.165) is 19.6 Å². The molecule has 0 bridgehead atoms. The molecule has 2 aliphatic rings. The van der Waals surface area contributed by atoms with Crippen LogP contribution in [-0.2, 0) is 16.1 Å². The molecule has 3 rings (SSSR count). The van der Waals surface area contributed by atoms with Crippen LogP contribution >= 0.6 is 0 Å². The minimum absolute atomic E-state index is 0.0168. The average Bonchev–Trinajstić information content (AvgIpc) is 2.85. The molecule has 0 radical (unpaired) electrons. The third-order valence-corrected chi connectivity index (χ3v) is 5.16. The number of hydrogen-bond acceptors (Lipinski definition) is 3. The molecule has 5 nitrogen and oxygen atoms in total. The molecule has 2 aliphatic heterocycles. The lowest BCUT2D eigenvalue weighted by molar-refractivity contribution is -0.151. The molecule has 0 aromatic heterocycles. The summed E-state index contributed by atoms with van der Waals surface area (Å²) in [6, 6.07) is 10.4. The summed E-state index contributed by atoms with van der Waals surface area (Å²) >= 11 is 0. The minimum atomic E-state index is -0.0677. The van der Waals surface area contributed by atoms with Crippen LogP contribution < -0.4 is 0 Å². The monoisotopic (exact) mass is 315 g/mol. The van der Waals surface area contributed by atoms with Crippen LogP contribution in [0.5, 0.6) is 0 Å². The molecule has 2 fully saturated rings. The molecule has 0 aliphatic carbocycles. The van der Waals surface area contributed by atoms with Gasteiger partial charge in [-0.25, -0.2) is 0 Å². The van der Waals surface area contributed by atoms with E-state index in [1.165, 1.54) is 5.56 Å². The van der Waals surface area contributed by atoms with Crippen molar-refractivity contribution in [2.45, 2.75) is 13.5 Å². The van der Waals surface area contributed by atoms with E-state index < -0.39 is 0 Å². The second-order valence-electron chi connectivity index (χ2n) is 7.18. The summed E-state index contributed by atoms with van der Waals surface area (Å²) in [6.07, 6.45) is 0. The number of hydrogen-bond donors (Lipinski definition) is 0. The van der Waals surface area contributed by atoms with Crippen LogP contribution in [0.25, 0.3) is 0 Å². The molecule has 124 valence electrons. The van der Waals surface area contributed by atoms with Gasteiger partial charge >= 0.3 is 0 Å². The first-order valence-corrected chi connectivity index (χ1v) is 8.14. The lowest BCUT2D eigenvalue weighted by Crippen LogP contribution is -2.63. The van der Waals surface area contributed by atoms with Crippen molar-refractivity contribution in [2.24, 2.45) is 11.3 Å². The highest BCUT2D eigenvalue weighted by Crippen LogP contribution is 2.45. The van der Waals surface area contributed by atoms with Gasteiger partial charge in [-0.15, -0.1) is 0 Å². The number of rotatable bonds is 3. The highest BCUT2D eigenvalue weighted by atomic mass is 16.2. The van der Waals surface area contributed by atoms with Crippen molar-refractivity contribution in [1.82, 2.24) is 14.7 Å². The molecule has 0 saturated carbocycles. The van der Waals surface area contributed by atoms with Crippen molar-refractivity contribution < 1.29 is 9.59 Å². The van der Waals surface area contributed by atoms with E-state index in [2.05, 4.69) is 17.0 Å². The van der Waals surface area contributed by atoms with Crippen LogP contribution in [0.4, 0.5) is 0 Å². The smallest absolute Gasteiger partial charge is 0.227 e. The molecule has 1 spiro atoms. The second-order valence-corrected chi connectivity index (χ2v) is 7.18. The Morgan fingerprint density at radius 1 is 1.17 bits per heavy atom. The Hall–Kier alpha value is -1.88. The van der Waals surface area contributed by atoms with Crippen molar-refractivity contribution in [3.05, 3.63) is 35.9 Å². The maximum absolute atomic E-state index is 12.6. The van der Waals surface area contributed by atoms with Gasteiger partial charge in [0.2, 0.25) is 11.8 Å². The highest BCUT2D eigenvalue weighted by molar-refractivity contribution is 5.81. The first-order chi connectivity index (χ1) is 10.9. The lowest BCUT2D eigenvalue weighted by atomic mass is 9.71. The van der Waals surface area contributed by atoms with Crippen LogP contribution in [0.3, 0.4) is 0 Å². The summed E-state index contributed by atoms with van der Waals surface area (Å²) in [6.45, 7) is 5.54. The van der Waals surface area contributed by atoms with E-state index in [0.29, 0.717) is 13.1 Å². The molecule has 2 saturated heterocycles. The standard InChI is InChI=1S/C18H25N3O2/c1-14(22)21-12-18(13-21)11-20(9-15-7-5-4-6-8-15)10-16(18)17(23)19(2)3/h4-8,16H,9-13H2,1-3H3/t16-/m0/s1. The third kappa shape index (κ3) is 2.98. The molecule has 2 heterocycles. The fourth-order valence-corrected chi connectivity index (χ4v) is 3.94. The van der Waals surface area contributed by atoms with Crippen LogP contribution in [0.15, 0.2) is 30.3 Å². The molecular weight excluding hydrogens is 290 g/mol. The highest BCUT2D eigenvalue weighted by Gasteiger charge is 2.57. The number of carbonyl (C=O) groups is 2. The Kier molecular flexibility index (Phi) is 4.15. The predicted octanol–water partition coefficient (Wildman–Crippen LogP) is 1.06. The van der Waals surface area contributed by atoms with Gasteiger partial charge in [-0.05, 0) is 5.56 Å². The number of nitrogens with zero attached hydrogens (tertiary/aromatic N) is 3. The molecule has 1 aromatic carbocycles. The molecule has 1 aromatic rings. The summed E-state index contributed by atoms with van der Waals surface area (Å²) in [7, 11) is 3.63. The Bertz CT molecular complexity index is 594. The minimum Gasteiger partial charge on any atom is -0.349 e. The number of likely N-dealkylation sites (tertiary alicyclic amines) is 2. The Morgan fingerprint density at radius 3 is 2.39 bits per heavy atom. The molecule has 2 amide bonds. The first kappa shape index (κ1) is 16.0. The summed E-state index contributed by atoms with van der Waals surface area (Å²) in [5, 5.41) is 0. The van der Waals surface area contributed by atoms with E-state index in [9.17, 15) is 9.59 Å². The fraction of sp³-hybridized carbons (Fsp3) is 0.556. The van der Waals surface area contributed by atoms with Crippen molar-refractivity contribution >= 4 is 11.8 Å². The molecule has 0 N–H and O–H groups in total. The third-order valence-electron chi connectivity index (χ3n) is 5.16. The molecule has 1 atom stereocenters. The zero-order chi connectivity index (χ0) is 16.6. The Balaban J connectivity index is 1.75. The van der Waals surface area contributed by atoms with Gasteiger partial charge < -0.3 is 9.80 Å². The SMILES string of the molecule is CC(=O)N1CC2(CN(Cc3ccccc3)C[C@H]2C(=O)N(C)C)C1. The number of amides is 2. The van der Waals surface area contributed by atoms with Crippen molar-refractivity contribution in [1.29, 1.82) is 0 Å². The summed E-state index contributed by atoms with van der Waals surface area (Å²) < 4.78 is 0. The molecule has 5 heteroatoms. The van der Waals surface area contributed by atoms with Crippen LogP contribution in [0.2, 0.25) is 0 Å². The molecule has 23 heavy (non-hydrogen) atoms. The van der Waals surface area contributed by atoms with Gasteiger partial charge in [0, 0.05) is 59.2 Å². The van der Waals surface area contributed by atoms with Gasteiger partial charge in [0.25, 0.3) is 0 Å². The second kappa shape index (κ2) is 5.96. The summed E-state index contributed by atoms with van der Waals surface area (Å²) in [5.74, 6) is 0.272. The average molecular weight is 315 g/mol. The van der Waals surface area contributed by atoms with Gasteiger partial charge in [-0.2, -0.15) is 0 Å². The van der Waals surface area contributed by atoms with E-state index in [4.69, 9.17) is 0 Å². The van der Waals surface area contributed by atoms with Crippen LogP contribution in [-0.4, -0.2) is 66.8 Å². The van der Waals surface area contributed by atoms with Gasteiger partial charge in [0.1, 0.15) is 0 Å². The van der Waals surface area contributed by atoms with Crippen molar-refractivity contribution in [2.75, 3.05) is 40.3 Å². The van der Waals surface area contributed by atoms with E-state index >= 15 is 0 Å².